The van der Waals surface area contributed by atoms with Crippen molar-refractivity contribution in [2.75, 3.05) is 24.5 Å². The van der Waals surface area contributed by atoms with Crippen molar-refractivity contribution in [1.29, 1.82) is 0 Å². The molecule has 0 aliphatic carbocycles. The summed E-state index contributed by atoms with van der Waals surface area (Å²) in [4.78, 5) is 6.28. The molecule has 1 aromatic heterocycles. The predicted molar refractivity (Wildman–Crippen MR) is 80.2 cm³/mol. The van der Waals surface area contributed by atoms with Gasteiger partial charge in [-0.25, -0.2) is 4.39 Å². The fourth-order valence-corrected chi connectivity index (χ4v) is 2.09. The third kappa shape index (κ3) is 4.03. The highest BCUT2D eigenvalue weighted by molar-refractivity contribution is 5.47. The molecule has 3 nitrogen and oxygen atoms in total. The Bertz CT molecular complexity index is 516. The molecule has 1 aromatic carbocycles. The highest BCUT2D eigenvalue weighted by atomic mass is 19.1. The van der Waals surface area contributed by atoms with Gasteiger partial charge in [-0.05, 0) is 31.2 Å². The van der Waals surface area contributed by atoms with Crippen LogP contribution in [0.3, 0.4) is 0 Å². The van der Waals surface area contributed by atoms with Crippen LogP contribution in [-0.4, -0.2) is 24.6 Å². The van der Waals surface area contributed by atoms with Crippen LogP contribution in [0.2, 0.25) is 0 Å². The largest absolute Gasteiger partial charge is 0.368 e. The summed E-state index contributed by atoms with van der Waals surface area (Å²) in [5.74, 6) is -0.168. The van der Waals surface area contributed by atoms with Crippen LogP contribution in [0.15, 0.2) is 48.7 Å². The lowest BCUT2D eigenvalue weighted by atomic mass is 10.2. The maximum atomic E-state index is 13.7. The topological polar surface area (TPSA) is 28.2 Å². The van der Waals surface area contributed by atoms with Crippen molar-refractivity contribution in [3.05, 3.63) is 60.2 Å². The molecule has 2 aromatic rings. The molecular formula is C16H20FN3. The molecule has 0 saturated heterocycles. The predicted octanol–water partition coefficient (Wildman–Crippen LogP) is 2.84. The fourth-order valence-electron chi connectivity index (χ4n) is 2.09. The molecule has 4 heteroatoms. The molecule has 0 fully saturated rings. The first-order chi connectivity index (χ1) is 9.81. The number of pyridine rings is 1. The maximum Gasteiger partial charge on any atom is 0.146 e. The average Bonchev–Trinajstić information content (AvgIpc) is 2.50. The molecule has 0 spiro atoms. The summed E-state index contributed by atoms with van der Waals surface area (Å²) in [5, 5.41) is 3.33. The third-order valence-electron chi connectivity index (χ3n) is 3.17. The molecule has 1 heterocycles. The second-order valence-electron chi connectivity index (χ2n) is 4.53. The quantitative estimate of drug-likeness (QED) is 0.786. The fraction of sp³-hybridized carbons (Fsp3) is 0.312. The first kappa shape index (κ1) is 14.5. The number of para-hydroxylation sites is 1. The highest BCUT2D eigenvalue weighted by Crippen LogP contribution is 2.17. The summed E-state index contributed by atoms with van der Waals surface area (Å²) in [6, 6.07) is 12.8. The summed E-state index contributed by atoms with van der Waals surface area (Å²) in [6.45, 7) is 5.11. The lowest BCUT2D eigenvalue weighted by molar-refractivity contribution is 0.608. The molecule has 1 N–H and O–H groups in total. The van der Waals surface area contributed by atoms with E-state index < -0.39 is 0 Å². The van der Waals surface area contributed by atoms with E-state index in [2.05, 4.69) is 10.3 Å². The SMILES string of the molecule is CCN(CCNCc1ccccn1)c1ccccc1F. The minimum atomic E-state index is -0.168. The van der Waals surface area contributed by atoms with Gasteiger partial charge in [0.15, 0.2) is 0 Å². The molecule has 20 heavy (non-hydrogen) atoms. The summed E-state index contributed by atoms with van der Waals surface area (Å²) >= 11 is 0. The second kappa shape index (κ2) is 7.60. The Morgan fingerprint density at radius 2 is 1.95 bits per heavy atom. The molecule has 106 valence electrons. The van der Waals surface area contributed by atoms with Gasteiger partial charge in [-0.2, -0.15) is 0 Å². The van der Waals surface area contributed by atoms with Crippen molar-refractivity contribution in [3.63, 3.8) is 0 Å². The molecule has 0 radical (unpaired) electrons. The molecule has 0 aliphatic heterocycles. The maximum absolute atomic E-state index is 13.7. The molecule has 0 saturated carbocycles. The number of likely N-dealkylation sites (N-methyl/N-ethyl adjacent to an activating group) is 1. The van der Waals surface area contributed by atoms with Crippen LogP contribution < -0.4 is 10.2 Å². The zero-order valence-electron chi connectivity index (χ0n) is 11.7. The van der Waals surface area contributed by atoms with Crippen LogP contribution in [0.25, 0.3) is 0 Å². The summed E-state index contributed by atoms with van der Waals surface area (Å²) in [5.41, 5.74) is 1.68. The van der Waals surface area contributed by atoms with Crippen LogP contribution in [0, 0.1) is 5.82 Å². The Hall–Kier alpha value is -1.94. The average molecular weight is 273 g/mol. The van der Waals surface area contributed by atoms with Gasteiger partial charge < -0.3 is 10.2 Å². The van der Waals surface area contributed by atoms with Crippen LogP contribution >= 0.6 is 0 Å². The van der Waals surface area contributed by atoms with Gasteiger partial charge in [0.05, 0.1) is 11.4 Å². The van der Waals surface area contributed by atoms with E-state index in [0.29, 0.717) is 5.69 Å². The summed E-state index contributed by atoms with van der Waals surface area (Å²) in [6.07, 6.45) is 1.79. The van der Waals surface area contributed by atoms with Crippen molar-refractivity contribution in [2.45, 2.75) is 13.5 Å². The molecule has 2 rings (SSSR count). The van der Waals surface area contributed by atoms with Crippen molar-refractivity contribution in [3.8, 4) is 0 Å². The number of halogens is 1. The van der Waals surface area contributed by atoms with Gasteiger partial charge in [-0.3, -0.25) is 4.98 Å². The van der Waals surface area contributed by atoms with Crippen molar-refractivity contribution in [1.82, 2.24) is 10.3 Å². The molecule has 0 unspecified atom stereocenters. The van der Waals surface area contributed by atoms with Crippen molar-refractivity contribution < 1.29 is 4.39 Å². The minimum Gasteiger partial charge on any atom is -0.368 e. The van der Waals surface area contributed by atoms with Gasteiger partial charge >= 0.3 is 0 Å². The highest BCUT2D eigenvalue weighted by Gasteiger charge is 2.08. The van der Waals surface area contributed by atoms with Crippen molar-refractivity contribution in [2.24, 2.45) is 0 Å². The zero-order chi connectivity index (χ0) is 14.2. The van der Waals surface area contributed by atoms with Crippen LogP contribution in [-0.2, 0) is 6.54 Å². The third-order valence-corrected chi connectivity index (χ3v) is 3.17. The van der Waals surface area contributed by atoms with E-state index in [4.69, 9.17) is 0 Å². The van der Waals surface area contributed by atoms with E-state index in [1.165, 1.54) is 6.07 Å². The van der Waals surface area contributed by atoms with Crippen LogP contribution in [0.1, 0.15) is 12.6 Å². The van der Waals surface area contributed by atoms with E-state index in [1.807, 2.05) is 42.2 Å². The first-order valence-corrected chi connectivity index (χ1v) is 6.91. The number of anilines is 1. The van der Waals surface area contributed by atoms with Gasteiger partial charge in [0.1, 0.15) is 5.82 Å². The standard InChI is InChI=1S/C16H20FN3/c1-2-20(16-9-4-3-8-15(16)17)12-11-18-13-14-7-5-6-10-19-14/h3-10,18H,2,11-13H2,1H3. The Balaban J connectivity index is 1.81. The molecule has 0 bridgehead atoms. The Labute approximate surface area is 119 Å². The van der Waals surface area contributed by atoms with E-state index in [1.54, 1.807) is 12.3 Å². The Morgan fingerprint density at radius 3 is 2.65 bits per heavy atom. The monoisotopic (exact) mass is 273 g/mol. The number of hydrogen-bond donors (Lipinski definition) is 1. The lowest BCUT2D eigenvalue weighted by Gasteiger charge is -2.23. The van der Waals surface area contributed by atoms with Crippen molar-refractivity contribution >= 4 is 5.69 Å². The van der Waals surface area contributed by atoms with E-state index >= 15 is 0 Å². The van der Waals surface area contributed by atoms with Crippen LogP contribution in [0.4, 0.5) is 10.1 Å². The number of nitrogens with one attached hydrogen (secondary N) is 1. The summed E-state index contributed by atoms with van der Waals surface area (Å²) in [7, 11) is 0. The lowest BCUT2D eigenvalue weighted by Crippen LogP contribution is -2.32. The van der Waals surface area contributed by atoms with Gasteiger partial charge in [0.2, 0.25) is 0 Å². The molecule has 0 aliphatic rings. The van der Waals surface area contributed by atoms with Gasteiger partial charge in [-0.1, -0.05) is 18.2 Å². The van der Waals surface area contributed by atoms with E-state index in [9.17, 15) is 4.39 Å². The molecular weight excluding hydrogens is 253 g/mol. The second-order valence-corrected chi connectivity index (χ2v) is 4.53. The summed E-state index contributed by atoms with van der Waals surface area (Å²) < 4.78 is 13.7. The van der Waals surface area contributed by atoms with E-state index in [-0.39, 0.29) is 5.82 Å². The number of benzene rings is 1. The minimum absolute atomic E-state index is 0.168. The number of rotatable bonds is 7. The molecule has 0 atom stereocenters. The Morgan fingerprint density at radius 1 is 1.15 bits per heavy atom. The van der Waals surface area contributed by atoms with Gasteiger partial charge in [-0.15, -0.1) is 0 Å². The number of hydrogen-bond acceptors (Lipinski definition) is 3. The Kier molecular flexibility index (Phi) is 5.50. The first-order valence-electron chi connectivity index (χ1n) is 6.91. The number of aromatic nitrogens is 1. The van der Waals surface area contributed by atoms with Gasteiger partial charge in [0.25, 0.3) is 0 Å². The normalized spacial score (nSPS) is 10.5. The van der Waals surface area contributed by atoms with Gasteiger partial charge in [0, 0.05) is 32.4 Å². The van der Waals surface area contributed by atoms with E-state index in [0.717, 1.165) is 31.9 Å². The smallest absolute Gasteiger partial charge is 0.146 e. The number of nitrogens with zero attached hydrogens (tertiary/aromatic N) is 2. The zero-order valence-corrected chi connectivity index (χ0v) is 11.7. The molecule has 0 amide bonds. The van der Waals surface area contributed by atoms with Crippen LogP contribution in [0.5, 0.6) is 0 Å².